The molecular formula is C15H27N5O. The Bertz CT molecular complexity index is 483. The fourth-order valence-corrected chi connectivity index (χ4v) is 3.13. The second-order valence-electron chi connectivity index (χ2n) is 5.97. The van der Waals surface area contributed by atoms with Crippen LogP contribution in [0.25, 0.3) is 0 Å². The molecule has 1 fully saturated rings. The Morgan fingerprint density at radius 3 is 2.81 bits per heavy atom. The minimum absolute atomic E-state index is 0.0459. The average molecular weight is 293 g/mol. The van der Waals surface area contributed by atoms with Gasteiger partial charge in [-0.15, -0.1) is 0 Å². The maximum Gasteiger partial charge on any atom is 0.247 e. The number of H-pyrrole nitrogens is 1. The lowest BCUT2D eigenvalue weighted by Gasteiger charge is -2.28. The van der Waals surface area contributed by atoms with Crippen molar-refractivity contribution in [3.05, 3.63) is 34.2 Å². The second kappa shape index (κ2) is 7.17. The lowest BCUT2D eigenvalue weighted by Crippen LogP contribution is -2.34. The highest BCUT2D eigenvalue weighted by Gasteiger charge is 2.37. The zero-order valence-corrected chi connectivity index (χ0v) is 13.5. The molecule has 1 aliphatic heterocycles. The molecule has 21 heavy (non-hydrogen) atoms. The molecule has 0 spiro atoms. The highest BCUT2D eigenvalue weighted by molar-refractivity contribution is 5.16. The molecule has 1 aromatic rings. The third-order valence-electron chi connectivity index (χ3n) is 4.33. The van der Waals surface area contributed by atoms with Crippen molar-refractivity contribution in [2.45, 2.75) is 6.04 Å². The Morgan fingerprint density at radius 1 is 1.43 bits per heavy atom. The van der Waals surface area contributed by atoms with Crippen molar-refractivity contribution in [1.29, 1.82) is 0 Å². The van der Waals surface area contributed by atoms with Crippen LogP contribution in [0, 0.1) is 5.92 Å². The van der Waals surface area contributed by atoms with E-state index in [0.29, 0.717) is 12.0 Å². The number of hydrogen-bond acceptors (Lipinski definition) is 5. The molecule has 1 aromatic heterocycles. The summed E-state index contributed by atoms with van der Waals surface area (Å²) in [6.45, 7) is 4.11. The second-order valence-corrected chi connectivity index (χ2v) is 5.97. The number of nitrogens with one attached hydrogen (secondary N) is 2. The van der Waals surface area contributed by atoms with E-state index in [-0.39, 0.29) is 5.56 Å². The van der Waals surface area contributed by atoms with Crippen LogP contribution in [-0.4, -0.2) is 74.3 Å². The molecule has 0 aromatic carbocycles. The molecule has 2 atom stereocenters. The number of hydrogen-bond donors (Lipinski definition) is 2. The zero-order valence-electron chi connectivity index (χ0n) is 13.5. The van der Waals surface area contributed by atoms with Crippen molar-refractivity contribution in [3.8, 4) is 0 Å². The predicted molar refractivity (Wildman–Crippen MR) is 85.1 cm³/mol. The monoisotopic (exact) mass is 293 g/mol. The van der Waals surface area contributed by atoms with Crippen LogP contribution in [0.4, 0.5) is 0 Å². The molecule has 0 aliphatic carbocycles. The van der Waals surface area contributed by atoms with Crippen molar-refractivity contribution < 1.29 is 0 Å². The third-order valence-corrected chi connectivity index (χ3v) is 4.33. The van der Waals surface area contributed by atoms with Crippen molar-refractivity contribution in [1.82, 2.24) is 25.2 Å². The molecule has 0 radical (unpaired) electrons. The molecule has 6 heteroatoms. The number of hydrazine groups is 1. The van der Waals surface area contributed by atoms with E-state index in [9.17, 15) is 4.79 Å². The molecule has 6 nitrogen and oxygen atoms in total. The lowest BCUT2D eigenvalue weighted by molar-refractivity contribution is 0.0505. The molecule has 1 aliphatic rings. The Morgan fingerprint density at radius 2 is 2.19 bits per heavy atom. The minimum atomic E-state index is -0.0459. The number of pyridine rings is 1. The van der Waals surface area contributed by atoms with Crippen LogP contribution in [0.3, 0.4) is 0 Å². The van der Waals surface area contributed by atoms with E-state index in [1.165, 1.54) is 5.56 Å². The van der Waals surface area contributed by atoms with Crippen molar-refractivity contribution >= 4 is 0 Å². The van der Waals surface area contributed by atoms with Crippen LogP contribution < -0.4 is 10.9 Å². The SMILES string of the molecule is CNCCN(C)CC1CN(C)N(C)C1c1ccc(=O)[nH]c1. The third kappa shape index (κ3) is 3.91. The van der Waals surface area contributed by atoms with E-state index in [2.05, 4.69) is 46.4 Å². The summed E-state index contributed by atoms with van der Waals surface area (Å²) in [4.78, 5) is 16.4. The summed E-state index contributed by atoms with van der Waals surface area (Å²) < 4.78 is 0. The fourth-order valence-electron chi connectivity index (χ4n) is 3.13. The van der Waals surface area contributed by atoms with Gasteiger partial charge < -0.3 is 15.2 Å². The summed E-state index contributed by atoms with van der Waals surface area (Å²) in [5.41, 5.74) is 1.13. The predicted octanol–water partition coefficient (Wildman–Crippen LogP) is -0.0244. The van der Waals surface area contributed by atoms with Crippen molar-refractivity contribution in [2.75, 3.05) is 54.4 Å². The van der Waals surface area contributed by atoms with Gasteiger partial charge in [-0.05, 0) is 19.7 Å². The lowest BCUT2D eigenvalue weighted by atomic mass is 9.95. The first-order valence-electron chi connectivity index (χ1n) is 7.48. The van der Waals surface area contributed by atoms with Gasteiger partial charge in [-0.2, -0.15) is 0 Å². The average Bonchev–Trinajstić information content (AvgIpc) is 2.73. The number of likely N-dealkylation sites (N-methyl/N-ethyl adjacent to an activating group) is 2. The van der Waals surface area contributed by atoms with Gasteiger partial charge in [-0.3, -0.25) is 4.79 Å². The van der Waals surface area contributed by atoms with E-state index in [4.69, 9.17) is 0 Å². The standard InChI is InChI=1S/C15H27N5O/c1-16-7-8-18(2)10-13-11-19(3)20(4)15(13)12-5-6-14(21)17-9-12/h5-6,9,13,15-16H,7-8,10-11H2,1-4H3,(H,17,21). The van der Waals surface area contributed by atoms with Gasteiger partial charge in [0, 0.05) is 58.5 Å². The summed E-state index contributed by atoms with van der Waals surface area (Å²) in [6, 6.07) is 3.87. The molecule has 1 saturated heterocycles. The van der Waals surface area contributed by atoms with Crippen LogP contribution in [0.5, 0.6) is 0 Å². The van der Waals surface area contributed by atoms with Gasteiger partial charge in [-0.25, -0.2) is 10.0 Å². The van der Waals surface area contributed by atoms with E-state index in [0.717, 1.165) is 26.2 Å². The maximum atomic E-state index is 11.3. The van der Waals surface area contributed by atoms with E-state index in [1.807, 2.05) is 19.3 Å². The quantitative estimate of drug-likeness (QED) is 0.772. The van der Waals surface area contributed by atoms with E-state index in [1.54, 1.807) is 6.07 Å². The molecule has 0 bridgehead atoms. The van der Waals surface area contributed by atoms with Crippen LogP contribution in [0.1, 0.15) is 11.6 Å². The Hall–Kier alpha value is -1.21. The summed E-state index contributed by atoms with van der Waals surface area (Å²) in [5.74, 6) is 0.521. The van der Waals surface area contributed by atoms with Crippen LogP contribution in [-0.2, 0) is 0 Å². The van der Waals surface area contributed by atoms with Crippen molar-refractivity contribution in [2.24, 2.45) is 5.92 Å². The summed E-state index contributed by atoms with van der Waals surface area (Å²) in [5, 5.41) is 7.71. The van der Waals surface area contributed by atoms with Crippen molar-refractivity contribution in [3.63, 3.8) is 0 Å². The summed E-state index contributed by atoms with van der Waals surface area (Å²) in [7, 11) is 8.38. The van der Waals surface area contributed by atoms with Gasteiger partial charge in [-0.1, -0.05) is 6.07 Å². The summed E-state index contributed by atoms with van der Waals surface area (Å²) >= 11 is 0. The first-order chi connectivity index (χ1) is 10.0. The molecule has 2 unspecified atom stereocenters. The fraction of sp³-hybridized carbons (Fsp3) is 0.667. The number of aromatic amines is 1. The van der Waals surface area contributed by atoms with Gasteiger partial charge in [0.25, 0.3) is 0 Å². The number of rotatable bonds is 6. The zero-order chi connectivity index (χ0) is 15.4. The molecule has 118 valence electrons. The highest BCUT2D eigenvalue weighted by Crippen LogP contribution is 2.34. The molecule has 0 amide bonds. The molecule has 0 saturated carbocycles. The molecule has 2 heterocycles. The van der Waals surface area contributed by atoms with Gasteiger partial charge in [0.2, 0.25) is 5.56 Å². The minimum Gasteiger partial charge on any atom is -0.329 e. The Labute approximate surface area is 126 Å². The molecule has 2 rings (SSSR count). The first-order valence-corrected chi connectivity index (χ1v) is 7.48. The normalized spacial score (nSPS) is 24.0. The maximum absolute atomic E-state index is 11.3. The Kier molecular flexibility index (Phi) is 5.52. The Balaban J connectivity index is 2.11. The van der Waals surface area contributed by atoms with Gasteiger partial charge in [0.15, 0.2) is 0 Å². The number of aromatic nitrogens is 1. The molecular weight excluding hydrogens is 266 g/mol. The van der Waals surface area contributed by atoms with E-state index < -0.39 is 0 Å². The van der Waals surface area contributed by atoms with Crippen LogP contribution in [0.15, 0.2) is 23.1 Å². The van der Waals surface area contributed by atoms with E-state index >= 15 is 0 Å². The smallest absolute Gasteiger partial charge is 0.247 e. The van der Waals surface area contributed by atoms with Crippen LogP contribution >= 0.6 is 0 Å². The number of nitrogens with zero attached hydrogens (tertiary/aromatic N) is 3. The van der Waals surface area contributed by atoms with Gasteiger partial charge >= 0.3 is 0 Å². The summed E-state index contributed by atoms with van der Waals surface area (Å²) in [6.07, 6.45) is 1.85. The van der Waals surface area contributed by atoms with Crippen LogP contribution in [0.2, 0.25) is 0 Å². The highest BCUT2D eigenvalue weighted by atomic mass is 16.1. The molecule has 2 N–H and O–H groups in total. The largest absolute Gasteiger partial charge is 0.329 e. The topological polar surface area (TPSA) is 54.6 Å². The van der Waals surface area contributed by atoms with Gasteiger partial charge in [0.05, 0.1) is 6.04 Å². The van der Waals surface area contributed by atoms with Gasteiger partial charge in [0.1, 0.15) is 0 Å². The first kappa shape index (κ1) is 16.2.